The van der Waals surface area contributed by atoms with Gasteiger partial charge in [0, 0.05) is 16.0 Å². The number of hydrogen-bond donors (Lipinski definition) is 1. The van der Waals surface area contributed by atoms with Gasteiger partial charge in [0.2, 0.25) is 0 Å². The van der Waals surface area contributed by atoms with Gasteiger partial charge in [-0.3, -0.25) is 0 Å². The van der Waals surface area contributed by atoms with Crippen molar-refractivity contribution in [2.45, 2.75) is 31.8 Å². The van der Waals surface area contributed by atoms with E-state index in [-0.39, 0.29) is 0 Å². The van der Waals surface area contributed by atoms with Crippen molar-refractivity contribution in [3.8, 4) is 0 Å². The van der Waals surface area contributed by atoms with E-state index >= 15 is 0 Å². The predicted molar refractivity (Wildman–Crippen MR) is 79.0 cm³/mol. The maximum absolute atomic E-state index is 10.2. The summed E-state index contributed by atoms with van der Waals surface area (Å²) in [5.41, 5.74) is 0.830. The summed E-state index contributed by atoms with van der Waals surface area (Å²) in [5.74, 6) is 0. The van der Waals surface area contributed by atoms with Crippen molar-refractivity contribution in [2.75, 3.05) is 19.6 Å². The predicted octanol–water partition coefficient (Wildman–Crippen LogP) is 4.01. The Hall–Kier alpha value is -0.0900. The normalized spacial score (nSPS) is 18.8. The van der Waals surface area contributed by atoms with Crippen LogP contribution in [0.5, 0.6) is 0 Å². The Morgan fingerprint density at radius 2 is 2.00 bits per heavy atom. The minimum absolute atomic E-state index is 0.465. The first-order chi connectivity index (χ1) is 8.66. The second kappa shape index (κ2) is 6.90. The third-order valence-corrected chi connectivity index (χ3v) is 4.31. The van der Waals surface area contributed by atoms with Crippen molar-refractivity contribution in [3.05, 3.63) is 33.3 Å². The molecule has 1 aromatic carbocycles. The first kappa shape index (κ1) is 14.3. The number of piperidine rings is 1. The van der Waals surface area contributed by atoms with Crippen LogP contribution in [0.1, 0.15) is 37.4 Å². The highest BCUT2D eigenvalue weighted by atomic mass is 79.9. The number of hydrogen-bond acceptors (Lipinski definition) is 2. The van der Waals surface area contributed by atoms with Crippen molar-refractivity contribution < 1.29 is 5.11 Å². The number of likely N-dealkylation sites (tertiary alicyclic amines) is 1. The number of aliphatic hydroxyl groups is 1. The Balaban J connectivity index is 1.88. The summed E-state index contributed by atoms with van der Waals surface area (Å²) in [6.07, 6.45) is 4.20. The molecule has 1 aromatic rings. The topological polar surface area (TPSA) is 23.5 Å². The lowest BCUT2D eigenvalue weighted by Gasteiger charge is -2.27. The molecule has 0 bridgehead atoms. The molecule has 0 amide bonds. The van der Waals surface area contributed by atoms with E-state index < -0.39 is 6.10 Å². The van der Waals surface area contributed by atoms with Crippen LogP contribution in [0.15, 0.2) is 22.7 Å². The zero-order valence-electron chi connectivity index (χ0n) is 10.4. The van der Waals surface area contributed by atoms with Crippen molar-refractivity contribution in [3.63, 3.8) is 0 Å². The summed E-state index contributed by atoms with van der Waals surface area (Å²) in [6, 6.07) is 5.65. The molecule has 18 heavy (non-hydrogen) atoms. The summed E-state index contributed by atoms with van der Waals surface area (Å²) >= 11 is 9.51. The van der Waals surface area contributed by atoms with E-state index in [0.717, 1.165) is 23.0 Å². The van der Waals surface area contributed by atoms with Crippen LogP contribution in [-0.2, 0) is 0 Å². The third-order valence-electron chi connectivity index (χ3n) is 3.49. The molecule has 100 valence electrons. The fourth-order valence-corrected chi connectivity index (χ4v) is 3.21. The average Bonchev–Trinajstić information content (AvgIpc) is 2.37. The van der Waals surface area contributed by atoms with Crippen LogP contribution in [0.4, 0.5) is 0 Å². The van der Waals surface area contributed by atoms with Gasteiger partial charge in [-0.05, 0) is 50.0 Å². The molecule has 1 fully saturated rings. The molecule has 0 saturated carbocycles. The highest BCUT2D eigenvalue weighted by Crippen LogP contribution is 2.28. The second-order valence-electron chi connectivity index (χ2n) is 4.87. The quantitative estimate of drug-likeness (QED) is 0.900. The van der Waals surface area contributed by atoms with Crippen LogP contribution in [0, 0.1) is 0 Å². The van der Waals surface area contributed by atoms with Crippen LogP contribution in [0.25, 0.3) is 0 Å². The highest BCUT2D eigenvalue weighted by molar-refractivity contribution is 9.10. The molecular formula is C14H19BrClNO. The first-order valence-corrected chi connectivity index (χ1v) is 7.69. The minimum Gasteiger partial charge on any atom is -0.388 e. The van der Waals surface area contributed by atoms with Gasteiger partial charge in [-0.1, -0.05) is 40.0 Å². The number of aliphatic hydroxyl groups excluding tert-OH is 1. The van der Waals surface area contributed by atoms with E-state index in [1.165, 1.54) is 32.4 Å². The lowest BCUT2D eigenvalue weighted by Crippen LogP contribution is -2.31. The summed E-state index contributed by atoms with van der Waals surface area (Å²) in [7, 11) is 0. The molecule has 0 radical (unpaired) electrons. The zero-order chi connectivity index (χ0) is 13.0. The molecule has 2 nitrogen and oxygen atoms in total. The highest BCUT2D eigenvalue weighted by Gasteiger charge is 2.15. The van der Waals surface area contributed by atoms with Gasteiger partial charge in [0.25, 0.3) is 0 Å². The zero-order valence-corrected chi connectivity index (χ0v) is 12.8. The molecule has 1 aliphatic rings. The summed E-state index contributed by atoms with van der Waals surface area (Å²) in [5, 5.41) is 10.8. The minimum atomic E-state index is -0.465. The maximum atomic E-state index is 10.2. The number of halogens is 2. The van der Waals surface area contributed by atoms with Crippen LogP contribution < -0.4 is 0 Å². The molecule has 4 heteroatoms. The fraction of sp³-hybridized carbons (Fsp3) is 0.571. The Morgan fingerprint density at radius 1 is 1.28 bits per heavy atom. The van der Waals surface area contributed by atoms with Gasteiger partial charge < -0.3 is 10.0 Å². The van der Waals surface area contributed by atoms with Gasteiger partial charge in [0.15, 0.2) is 0 Å². The van der Waals surface area contributed by atoms with Crippen LogP contribution in [0.2, 0.25) is 5.02 Å². The monoisotopic (exact) mass is 331 g/mol. The molecule has 1 heterocycles. The van der Waals surface area contributed by atoms with Crippen LogP contribution in [-0.4, -0.2) is 29.6 Å². The molecule has 2 rings (SSSR count). The van der Waals surface area contributed by atoms with E-state index in [9.17, 15) is 5.11 Å². The number of benzene rings is 1. The summed E-state index contributed by atoms with van der Waals surface area (Å²) < 4.78 is 0.944. The van der Waals surface area contributed by atoms with Crippen molar-refractivity contribution in [2.24, 2.45) is 0 Å². The Bertz CT molecular complexity index is 393. The van der Waals surface area contributed by atoms with Gasteiger partial charge in [-0.2, -0.15) is 0 Å². The molecule has 0 aliphatic carbocycles. The molecule has 1 aliphatic heterocycles. The van der Waals surface area contributed by atoms with E-state index in [0.29, 0.717) is 5.02 Å². The Labute approximate surface area is 122 Å². The Morgan fingerprint density at radius 3 is 2.67 bits per heavy atom. The molecular weight excluding hydrogens is 314 g/mol. The standard InChI is InChI=1S/C14H19BrClNO/c15-11-4-5-12(13(16)10-11)14(18)6-9-17-7-2-1-3-8-17/h4-5,10,14,18H,1-3,6-9H2. The van der Waals surface area contributed by atoms with Gasteiger partial charge >= 0.3 is 0 Å². The number of nitrogens with zero attached hydrogens (tertiary/aromatic N) is 1. The van der Waals surface area contributed by atoms with Gasteiger partial charge in [-0.25, -0.2) is 0 Å². The average molecular weight is 333 g/mol. The van der Waals surface area contributed by atoms with Crippen molar-refractivity contribution in [1.82, 2.24) is 4.90 Å². The summed E-state index contributed by atoms with van der Waals surface area (Å²) in [6.45, 7) is 3.29. The molecule has 1 N–H and O–H groups in total. The Kier molecular flexibility index (Phi) is 5.49. The van der Waals surface area contributed by atoms with Crippen LogP contribution >= 0.6 is 27.5 Å². The molecule has 0 aromatic heterocycles. The molecule has 0 spiro atoms. The third kappa shape index (κ3) is 3.95. The van der Waals surface area contributed by atoms with E-state index in [1.807, 2.05) is 18.2 Å². The lowest BCUT2D eigenvalue weighted by atomic mass is 10.1. The van der Waals surface area contributed by atoms with Gasteiger partial charge in [0.1, 0.15) is 0 Å². The maximum Gasteiger partial charge on any atom is 0.0816 e. The van der Waals surface area contributed by atoms with Crippen molar-refractivity contribution in [1.29, 1.82) is 0 Å². The molecule has 1 unspecified atom stereocenters. The summed E-state index contributed by atoms with van der Waals surface area (Å²) in [4.78, 5) is 2.43. The molecule has 1 atom stereocenters. The SMILES string of the molecule is OC(CCN1CCCCC1)c1ccc(Br)cc1Cl. The van der Waals surface area contributed by atoms with Crippen LogP contribution in [0.3, 0.4) is 0 Å². The fourth-order valence-electron chi connectivity index (χ4n) is 2.42. The first-order valence-electron chi connectivity index (χ1n) is 6.52. The largest absolute Gasteiger partial charge is 0.388 e. The smallest absolute Gasteiger partial charge is 0.0816 e. The molecule has 1 saturated heterocycles. The van der Waals surface area contributed by atoms with E-state index in [4.69, 9.17) is 11.6 Å². The second-order valence-corrected chi connectivity index (χ2v) is 6.20. The van der Waals surface area contributed by atoms with Gasteiger partial charge in [0.05, 0.1) is 6.10 Å². The van der Waals surface area contributed by atoms with Gasteiger partial charge in [-0.15, -0.1) is 0 Å². The van der Waals surface area contributed by atoms with Crippen molar-refractivity contribution >= 4 is 27.5 Å². The lowest BCUT2D eigenvalue weighted by molar-refractivity contribution is 0.134. The number of rotatable bonds is 4. The van der Waals surface area contributed by atoms with E-state index in [2.05, 4.69) is 20.8 Å². The van der Waals surface area contributed by atoms with E-state index in [1.54, 1.807) is 0 Å².